The third-order valence-corrected chi connectivity index (χ3v) is 6.28. The Morgan fingerprint density at radius 3 is 2.92 bits per heavy atom. The van der Waals surface area contributed by atoms with Crippen LogP contribution in [0.4, 0.5) is 0 Å². The zero-order chi connectivity index (χ0) is 18.3. The Hall–Kier alpha value is -2.18. The second-order valence-electron chi connectivity index (χ2n) is 7.71. The number of H-pyrrole nitrogens is 1. The number of carbonyl (C=O) groups excluding carboxylic acids is 1. The van der Waals surface area contributed by atoms with E-state index in [-0.39, 0.29) is 29.5 Å². The number of carbonyl (C=O) groups is 1. The number of aliphatic hydroxyl groups is 1. The molecule has 4 rings (SSSR count). The van der Waals surface area contributed by atoms with Crippen LogP contribution in [-0.2, 0) is 0 Å². The molecule has 2 fully saturated rings. The maximum absolute atomic E-state index is 13.2. The van der Waals surface area contributed by atoms with Crippen molar-refractivity contribution in [2.75, 3.05) is 33.3 Å². The molecule has 0 saturated carbocycles. The minimum Gasteiger partial charge on any atom is -0.396 e. The van der Waals surface area contributed by atoms with Crippen LogP contribution >= 0.6 is 0 Å². The first-order chi connectivity index (χ1) is 12.5. The van der Waals surface area contributed by atoms with Crippen LogP contribution in [0.5, 0.6) is 0 Å². The number of piperidine rings is 2. The number of para-hydroxylation sites is 1. The summed E-state index contributed by atoms with van der Waals surface area (Å²) < 4.78 is 0. The predicted molar refractivity (Wildman–Crippen MR) is 100 cm³/mol. The van der Waals surface area contributed by atoms with Gasteiger partial charge < -0.3 is 19.9 Å². The van der Waals surface area contributed by atoms with Crippen molar-refractivity contribution in [1.29, 1.82) is 0 Å². The fraction of sp³-hybridized carbons (Fsp3) is 0.500. The molecule has 26 heavy (non-hydrogen) atoms. The standard InChI is InChI=1S/C20H25N3O3/c1-22-9-4-7-20(13-24)8-10-23(12-17(20)22)19(26)15-11-18(25)21-16-6-3-2-5-14(15)16/h2-3,5-6,11,17,24H,4,7-10,12-13H2,1H3,(H,21,25)/t17-,20-/m1/s1. The highest BCUT2D eigenvalue weighted by atomic mass is 16.3. The van der Waals surface area contributed by atoms with Gasteiger partial charge in [0.15, 0.2) is 0 Å². The molecule has 1 amide bonds. The molecule has 6 nitrogen and oxygen atoms in total. The van der Waals surface area contributed by atoms with E-state index < -0.39 is 0 Å². The van der Waals surface area contributed by atoms with Gasteiger partial charge in [0.05, 0.1) is 12.2 Å². The Bertz CT molecular complexity index is 893. The van der Waals surface area contributed by atoms with Gasteiger partial charge in [-0.15, -0.1) is 0 Å². The Labute approximate surface area is 152 Å². The van der Waals surface area contributed by atoms with Gasteiger partial charge in [0.2, 0.25) is 5.56 Å². The predicted octanol–water partition coefficient (Wildman–Crippen LogP) is 1.45. The van der Waals surface area contributed by atoms with Crippen LogP contribution in [0.25, 0.3) is 10.9 Å². The van der Waals surface area contributed by atoms with Gasteiger partial charge in [0.1, 0.15) is 0 Å². The molecule has 2 aliphatic heterocycles. The normalized spacial score (nSPS) is 26.7. The number of fused-ring (bicyclic) bond motifs is 2. The number of rotatable bonds is 2. The number of nitrogens with zero attached hydrogens (tertiary/aromatic N) is 2. The van der Waals surface area contributed by atoms with Crippen LogP contribution in [0.3, 0.4) is 0 Å². The summed E-state index contributed by atoms with van der Waals surface area (Å²) in [6.45, 7) is 2.36. The van der Waals surface area contributed by atoms with E-state index in [1.165, 1.54) is 6.07 Å². The molecule has 2 aliphatic rings. The highest BCUT2D eigenvalue weighted by Gasteiger charge is 2.47. The number of aliphatic hydroxyl groups excluding tert-OH is 1. The number of pyridine rings is 1. The van der Waals surface area contributed by atoms with Crippen molar-refractivity contribution < 1.29 is 9.90 Å². The van der Waals surface area contributed by atoms with E-state index in [2.05, 4.69) is 16.9 Å². The second kappa shape index (κ2) is 6.52. The molecule has 2 N–H and O–H groups in total. The summed E-state index contributed by atoms with van der Waals surface area (Å²) in [7, 11) is 2.07. The molecule has 0 aliphatic carbocycles. The van der Waals surface area contributed by atoms with Crippen LogP contribution in [0.2, 0.25) is 0 Å². The molecule has 0 unspecified atom stereocenters. The molecule has 2 aromatic rings. The van der Waals surface area contributed by atoms with Gasteiger partial charge in [0.25, 0.3) is 5.91 Å². The van der Waals surface area contributed by atoms with E-state index in [1.807, 2.05) is 29.2 Å². The first-order valence-electron chi connectivity index (χ1n) is 9.26. The third kappa shape index (κ3) is 2.73. The lowest BCUT2D eigenvalue weighted by Crippen LogP contribution is -2.62. The lowest BCUT2D eigenvalue weighted by molar-refractivity contribution is -0.0601. The summed E-state index contributed by atoms with van der Waals surface area (Å²) in [5.41, 5.74) is 0.766. The third-order valence-electron chi connectivity index (χ3n) is 6.28. The summed E-state index contributed by atoms with van der Waals surface area (Å²) in [6, 6.07) is 8.97. The molecular weight excluding hydrogens is 330 g/mol. The molecule has 2 saturated heterocycles. The van der Waals surface area contributed by atoms with Crippen molar-refractivity contribution in [3.63, 3.8) is 0 Å². The average Bonchev–Trinajstić information content (AvgIpc) is 2.66. The summed E-state index contributed by atoms with van der Waals surface area (Å²) in [6.07, 6.45) is 2.89. The number of aromatic amines is 1. The molecule has 1 aromatic heterocycles. The number of aromatic nitrogens is 1. The van der Waals surface area contributed by atoms with E-state index in [4.69, 9.17) is 0 Å². The molecule has 0 radical (unpaired) electrons. The summed E-state index contributed by atoms with van der Waals surface area (Å²) in [5, 5.41) is 10.8. The van der Waals surface area contributed by atoms with Gasteiger partial charge in [-0.3, -0.25) is 9.59 Å². The van der Waals surface area contributed by atoms with Gasteiger partial charge in [-0.25, -0.2) is 0 Å². The average molecular weight is 355 g/mol. The number of amides is 1. The van der Waals surface area contributed by atoms with Gasteiger partial charge in [-0.2, -0.15) is 0 Å². The van der Waals surface area contributed by atoms with Crippen LogP contribution in [0, 0.1) is 5.41 Å². The van der Waals surface area contributed by atoms with Crippen molar-refractivity contribution in [1.82, 2.24) is 14.8 Å². The minimum absolute atomic E-state index is 0.0992. The zero-order valence-corrected chi connectivity index (χ0v) is 15.1. The molecule has 0 spiro atoms. The van der Waals surface area contributed by atoms with Crippen molar-refractivity contribution in [2.24, 2.45) is 5.41 Å². The Morgan fingerprint density at radius 2 is 2.12 bits per heavy atom. The minimum atomic E-state index is -0.261. The van der Waals surface area contributed by atoms with Gasteiger partial charge in [-0.05, 0) is 38.9 Å². The smallest absolute Gasteiger partial charge is 0.254 e. The van der Waals surface area contributed by atoms with E-state index >= 15 is 0 Å². The maximum Gasteiger partial charge on any atom is 0.254 e. The summed E-state index contributed by atoms with van der Waals surface area (Å²) in [5.74, 6) is -0.0992. The van der Waals surface area contributed by atoms with Crippen molar-refractivity contribution >= 4 is 16.8 Å². The highest BCUT2D eigenvalue weighted by Crippen LogP contribution is 2.41. The molecule has 1 aromatic carbocycles. The number of hydrogen-bond donors (Lipinski definition) is 2. The van der Waals surface area contributed by atoms with Crippen molar-refractivity contribution in [2.45, 2.75) is 25.3 Å². The van der Waals surface area contributed by atoms with Crippen LogP contribution in [0.1, 0.15) is 29.6 Å². The zero-order valence-electron chi connectivity index (χ0n) is 15.1. The van der Waals surface area contributed by atoms with Crippen LogP contribution in [-0.4, -0.2) is 65.1 Å². The number of hydrogen-bond acceptors (Lipinski definition) is 4. The second-order valence-corrected chi connectivity index (χ2v) is 7.71. The number of likely N-dealkylation sites (N-methyl/N-ethyl adjacent to an activating group) is 1. The molecule has 0 bridgehead atoms. The SMILES string of the molecule is CN1CCC[C@]2(CO)CCN(C(=O)c3cc(=O)[nH]c4ccccc34)C[C@@H]12. The maximum atomic E-state index is 13.2. The molecule has 3 heterocycles. The Morgan fingerprint density at radius 1 is 1.31 bits per heavy atom. The van der Waals surface area contributed by atoms with Crippen molar-refractivity contribution in [3.8, 4) is 0 Å². The largest absolute Gasteiger partial charge is 0.396 e. The molecule has 138 valence electrons. The van der Waals surface area contributed by atoms with Crippen molar-refractivity contribution in [3.05, 3.63) is 46.2 Å². The topological polar surface area (TPSA) is 76.6 Å². The Balaban J connectivity index is 1.67. The fourth-order valence-corrected chi connectivity index (χ4v) is 4.75. The molecule has 2 atom stereocenters. The highest BCUT2D eigenvalue weighted by molar-refractivity contribution is 6.06. The lowest BCUT2D eigenvalue weighted by atomic mass is 9.69. The fourth-order valence-electron chi connectivity index (χ4n) is 4.75. The van der Waals surface area contributed by atoms with Crippen LogP contribution in [0.15, 0.2) is 35.1 Å². The first kappa shape index (κ1) is 17.2. The molecular formula is C20H25N3O3. The van der Waals surface area contributed by atoms with Crippen LogP contribution < -0.4 is 5.56 Å². The monoisotopic (exact) mass is 355 g/mol. The summed E-state index contributed by atoms with van der Waals surface area (Å²) in [4.78, 5) is 32.1. The first-order valence-corrected chi connectivity index (χ1v) is 9.26. The van der Waals surface area contributed by atoms with Gasteiger partial charge >= 0.3 is 0 Å². The Kier molecular flexibility index (Phi) is 4.32. The lowest BCUT2D eigenvalue weighted by Gasteiger charge is -2.53. The van der Waals surface area contributed by atoms with E-state index in [1.54, 1.807) is 0 Å². The van der Waals surface area contributed by atoms with E-state index in [9.17, 15) is 14.7 Å². The molecule has 6 heteroatoms. The number of benzene rings is 1. The quantitative estimate of drug-likeness (QED) is 0.855. The summed E-state index contributed by atoms with van der Waals surface area (Å²) >= 11 is 0. The number of likely N-dealkylation sites (tertiary alicyclic amines) is 2. The number of nitrogens with one attached hydrogen (secondary N) is 1. The van der Waals surface area contributed by atoms with Gasteiger partial charge in [-0.1, -0.05) is 18.2 Å². The van der Waals surface area contributed by atoms with Gasteiger partial charge in [0, 0.05) is 41.5 Å². The van der Waals surface area contributed by atoms with E-state index in [0.29, 0.717) is 24.2 Å². The van der Waals surface area contributed by atoms with E-state index in [0.717, 1.165) is 31.2 Å².